The largest absolute Gasteiger partial charge is 0.373 e. The van der Waals surface area contributed by atoms with Gasteiger partial charge in [-0.3, -0.25) is 9.97 Å². The molecule has 3 nitrogen and oxygen atoms in total. The van der Waals surface area contributed by atoms with Gasteiger partial charge in [-0.05, 0) is 61.8 Å². The van der Waals surface area contributed by atoms with Crippen LogP contribution < -0.4 is 0 Å². The number of pyridine rings is 2. The lowest BCUT2D eigenvalue weighted by molar-refractivity contribution is -0.0871. The van der Waals surface area contributed by atoms with Gasteiger partial charge in [0, 0.05) is 35.6 Å². The van der Waals surface area contributed by atoms with Crippen molar-refractivity contribution in [2.24, 2.45) is 11.8 Å². The fraction of sp³-hybridized carbons (Fsp3) is 0.615. The Balaban J connectivity index is 1.60. The average molecular weight is 393 g/mol. The molecule has 0 aromatic carbocycles. The Morgan fingerprint density at radius 3 is 1.45 bits per heavy atom. The zero-order valence-corrected chi connectivity index (χ0v) is 18.0. The SMILES string of the molecule is CC(c1ccccn1)C(OC(C1CCCC1)C(C)c1ccccn1)C1CCCC1. The Labute approximate surface area is 176 Å². The minimum Gasteiger partial charge on any atom is -0.373 e. The molecule has 2 fully saturated rings. The van der Waals surface area contributed by atoms with Crippen LogP contribution in [-0.2, 0) is 4.74 Å². The van der Waals surface area contributed by atoms with Crippen LogP contribution in [0, 0.1) is 11.8 Å². The summed E-state index contributed by atoms with van der Waals surface area (Å²) >= 11 is 0. The summed E-state index contributed by atoms with van der Waals surface area (Å²) in [4.78, 5) is 9.37. The van der Waals surface area contributed by atoms with Crippen LogP contribution in [-0.4, -0.2) is 22.2 Å². The summed E-state index contributed by atoms with van der Waals surface area (Å²) in [6.07, 6.45) is 14.8. The molecule has 0 spiro atoms. The molecule has 0 aliphatic heterocycles. The summed E-state index contributed by atoms with van der Waals surface area (Å²) in [5, 5.41) is 0. The molecule has 2 aliphatic carbocycles. The summed E-state index contributed by atoms with van der Waals surface area (Å²) < 4.78 is 7.17. The molecule has 4 unspecified atom stereocenters. The maximum atomic E-state index is 7.17. The summed E-state index contributed by atoms with van der Waals surface area (Å²) in [6, 6.07) is 12.6. The number of hydrogen-bond donors (Lipinski definition) is 0. The van der Waals surface area contributed by atoms with Gasteiger partial charge >= 0.3 is 0 Å². The smallest absolute Gasteiger partial charge is 0.0688 e. The van der Waals surface area contributed by atoms with Gasteiger partial charge in [-0.15, -0.1) is 0 Å². The molecule has 29 heavy (non-hydrogen) atoms. The number of aromatic nitrogens is 2. The molecule has 0 saturated heterocycles. The minimum absolute atomic E-state index is 0.240. The molecular formula is C26H36N2O. The molecule has 3 heteroatoms. The Morgan fingerprint density at radius 1 is 0.690 bits per heavy atom. The maximum Gasteiger partial charge on any atom is 0.0688 e. The number of hydrogen-bond acceptors (Lipinski definition) is 3. The molecular weight excluding hydrogens is 356 g/mol. The van der Waals surface area contributed by atoms with Gasteiger partial charge in [-0.1, -0.05) is 51.7 Å². The normalized spacial score (nSPS) is 22.4. The molecule has 156 valence electrons. The molecule has 0 amide bonds. The molecule has 4 rings (SSSR count). The van der Waals surface area contributed by atoms with Gasteiger partial charge in [0.15, 0.2) is 0 Å². The highest BCUT2D eigenvalue weighted by Gasteiger charge is 2.38. The van der Waals surface area contributed by atoms with E-state index >= 15 is 0 Å². The summed E-state index contributed by atoms with van der Waals surface area (Å²) in [7, 11) is 0. The molecule has 2 heterocycles. The van der Waals surface area contributed by atoms with Crippen molar-refractivity contribution < 1.29 is 4.74 Å². The van der Waals surface area contributed by atoms with Gasteiger partial charge in [-0.2, -0.15) is 0 Å². The second-order valence-corrected chi connectivity index (χ2v) is 9.24. The van der Waals surface area contributed by atoms with E-state index in [1.54, 1.807) is 0 Å². The number of nitrogens with zero attached hydrogens (tertiary/aromatic N) is 2. The van der Waals surface area contributed by atoms with Gasteiger partial charge in [0.2, 0.25) is 0 Å². The van der Waals surface area contributed by atoms with Crippen LogP contribution in [0.1, 0.15) is 88.4 Å². The van der Waals surface area contributed by atoms with Crippen molar-refractivity contribution >= 4 is 0 Å². The Bertz CT molecular complexity index is 659. The van der Waals surface area contributed by atoms with E-state index in [2.05, 4.69) is 48.1 Å². The van der Waals surface area contributed by atoms with Gasteiger partial charge in [0.1, 0.15) is 0 Å². The van der Waals surface area contributed by atoms with E-state index in [1.165, 1.54) is 62.8 Å². The van der Waals surface area contributed by atoms with E-state index in [0.717, 1.165) is 0 Å². The second kappa shape index (κ2) is 9.84. The van der Waals surface area contributed by atoms with Crippen LogP contribution in [0.4, 0.5) is 0 Å². The monoisotopic (exact) mass is 392 g/mol. The van der Waals surface area contributed by atoms with Crippen molar-refractivity contribution in [2.75, 3.05) is 0 Å². The van der Waals surface area contributed by atoms with E-state index < -0.39 is 0 Å². The minimum atomic E-state index is 0.240. The van der Waals surface area contributed by atoms with Crippen molar-refractivity contribution in [1.82, 2.24) is 9.97 Å². The molecule has 2 aromatic heterocycles. The van der Waals surface area contributed by atoms with E-state index in [0.29, 0.717) is 23.7 Å². The molecule has 2 aliphatic rings. The zero-order valence-electron chi connectivity index (χ0n) is 18.0. The molecule has 0 radical (unpaired) electrons. The zero-order chi connectivity index (χ0) is 20.1. The van der Waals surface area contributed by atoms with Gasteiger partial charge in [-0.25, -0.2) is 0 Å². The third kappa shape index (κ3) is 4.88. The molecule has 4 atom stereocenters. The number of rotatable bonds is 8. The molecule has 2 aromatic rings. The van der Waals surface area contributed by atoms with E-state index in [1.807, 2.05) is 24.5 Å². The fourth-order valence-electron chi connectivity index (χ4n) is 5.65. The summed E-state index contributed by atoms with van der Waals surface area (Å²) in [5.41, 5.74) is 2.33. The molecule has 0 bridgehead atoms. The lowest BCUT2D eigenvalue weighted by Crippen LogP contribution is -2.38. The highest BCUT2D eigenvalue weighted by atomic mass is 16.5. The van der Waals surface area contributed by atoms with Crippen LogP contribution in [0.25, 0.3) is 0 Å². The van der Waals surface area contributed by atoms with Crippen molar-refractivity contribution in [2.45, 2.75) is 89.3 Å². The van der Waals surface area contributed by atoms with Crippen LogP contribution in [0.15, 0.2) is 48.8 Å². The summed E-state index contributed by atoms with van der Waals surface area (Å²) in [5.74, 6) is 1.93. The maximum absolute atomic E-state index is 7.17. The van der Waals surface area contributed by atoms with Gasteiger partial charge < -0.3 is 4.74 Å². The third-order valence-electron chi connectivity index (χ3n) is 7.34. The Hall–Kier alpha value is -1.74. The first kappa shape index (κ1) is 20.5. The first-order chi connectivity index (χ1) is 14.2. The standard InChI is InChI=1S/C26H36N2O/c1-19(23-15-7-9-17-27-23)25(21-11-3-4-12-21)29-26(22-13-5-6-14-22)20(2)24-16-8-10-18-28-24/h7-10,15-22,25-26H,3-6,11-14H2,1-2H3. The van der Waals surface area contributed by atoms with Crippen LogP contribution in [0.5, 0.6) is 0 Å². The fourth-order valence-corrected chi connectivity index (χ4v) is 5.65. The van der Waals surface area contributed by atoms with E-state index in [4.69, 9.17) is 4.74 Å². The van der Waals surface area contributed by atoms with E-state index in [-0.39, 0.29) is 12.2 Å². The third-order valence-corrected chi connectivity index (χ3v) is 7.34. The topological polar surface area (TPSA) is 35.0 Å². The van der Waals surface area contributed by atoms with Crippen molar-refractivity contribution in [3.8, 4) is 0 Å². The second-order valence-electron chi connectivity index (χ2n) is 9.24. The van der Waals surface area contributed by atoms with Crippen LogP contribution in [0.3, 0.4) is 0 Å². The first-order valence-corrected chi connectivity index (χ1v) is 11.7. The quantitative estimate of drug-likeness (QED) is 0.513. The van der Waals surface area contributed by atoms with Crippen molar-refractivity contribution in [3.63, 3.8) is 0 Å². The number of ether oxygens (including phenoxy) is 1. The lowest BCUT2D eigenvalue weighted by atomic mass is 9.85. The molecule has 0 N–H and O–H groups in total. The first-order valence-electron chi connectivity index (χ1n) is 11.7. The van der Waals surface area contributed by atoms with Gasteiger partial charge in [0.25, 0.3) is 0 Å². The van der Waals surface area contributed by atoms with Crippen LogP contribution >= 0.6 is 0 Å². The summed E-state index contributed by atoms with van der Waals surface area (Å²) in [6.45, 7) is 4.64. The predicted molar refractivity (Wildman–Crippen MR) is 118 cm³/mol. The highest BCUT2D eigenvalue weighted by molar-refractivity contribution is 5.13. The predicted octanol–water partition coefficient (Wildman–Crippen LogP) is 6.52. The van der Waals surface area contributed by atoms with Gasteiger partial charge in [0.05, 0.1) is 12.2 Å². The van der Waals surface area contributed by atoms with Crippen LogP contribution in [0.2, 0.25) is 0 Å². The van der Waals surface area contributed by atoms with Crippen molar-refractivity contribution in [3.05, 3.63) is 60.2 Å². The lowest BCUT2D eigenvalue weighted by Gasteiger charge is -2.38. The van der Waals surface area contributed by atoms with Crippen molar-refractivity contribution in [1.29, 1.82) is 0 Å². The average Bonchev–Trinajstić information content (AvgIpc) is 3.50. The van der Waals surface area contributed by atoms with E-state index in [9.17, 15) is 0 Å². The highest BCUT2D eigenvalue weighted by Crippen LogP contribution is 2.42. The Kier molecular flexibility index (Phi) is 6.97. The Morgan fingerprint density at radius 2 is 1.10 bits per heavy atom. The molecule has 2 saturated carbocycles.